The zero-order valence-electron chi connectivity index (χ0n) is 23.6. The van der Waals surface area contributed by atoms with Gasteiger partial charge in [-0.3, -0.25) is 19.3 Å². The van der Waals surface area contributed by atoms with Gasteiger partial charge in [-0.15, -0.1) is 0 Å². The molecule has 4 aliphatic rings. The molecule has 1 saturated heterocycles. The first-order valence-electron chi connectivity index (χ1n) is 14.7. The van der Waals surface area contributed by atoms with E-state index in [0.29, 0.717) is 73.1 Å². The molecule has 2 amide bonds. The number of carbonyl (C=O) groups excluding carboxylic acids is 3. The summed E-state index contributed by atoms with van der Waals surface area (Å²) < 4.78 is 17.3. The lowest BCUT2D eigenvalue weighted by molar-refractivity contribution is -0.138. The van der Waals surface area contributed by atoms with Crippen LogP contribution in [0.2, 0.25) is 0 Å². The van der Waals surface area contributed by atoms with E-state index in [-0.39, 0.29) is 19.1 Å². The summed E-state index contributed by atoms with van der Waals surface area (Å²) in [4.78, 5) is 43.0. The molecule has 2 heterocycles. The molecule has 3 N–H and O–H groups in total. The maximum absolute atomic E-state index is 13.9. The van der Waals surface area contributed by atoms with Crippen molar-refractivity contribution in [1.29, 1.82) is 0 Å². The van der Waals surface area contributed by atoms with E-state index < -0.39 is 30.1 Å². The van der Waals surface area contributed by atoms with Crippen LogP contribution in [0.3, 0.4) is 0 Å². The molecule has 0 spiro atoms. The van der Waals surface area contributed by atoms with E-state index >= 15 is 0 Å². The SMILES string of the molecule is COc1cc(C=O)cc2c1OC1C2C(C(=O)NCCO)=CC(N(CCN2CCOCC2)C(=O)CC2CCCC2)C1O. The number of amides is 2. The third-order valence-corrected chi connectivity index (χ3v) is 8.79. The van der Waals surface area contributed by atoms with E-state index in [1.165, 1.54) is 7.11 Å². The van der Waals surface area contributed by atoms with Gasteiger partial charge in [0.15, 0.2) is 11.5 Å². The molecule has 2 fully saturated rings. The van der Waals surface area contributed by atoms with Gasteiger partial charge in [0.05, 0.1) is 38.9 Å². The van der Waals surface area contributed by atoms with Crippen LogP contribution in [0.15, 0.2) is 23.8 Å². The van der Waals surface area contributed by atoms with Crippen LogP contribution in [-0.2, 0) is 14.3 Å². The molecule has 2 aliphatic carbocycles. The molecule has 0 bridgehead atoms. The average Bonchev–Trinajstić information content (AvgIpc) is 3.65. The standard InChI is InChI=1S/C30H41N3O8/c1-39-24-15-20(18-35)14-21-26-22(30(38)31-6-11-34)17-23(27(37)29(26)41-28(21)24)33(8-7-32-9-12-40-13-10-32)25(36)16-19-4-2-3-5-19/h14-15,17-19,23,26-27,29,34,37H,2-13,16H2,1H3,(H,31,38). The molecule has 1 saturated carbocycles. The number of rotatable bonds is 11. The van der Waals surface area contributed by atoms with Gasteiger partial charge in [0, 0.05) is 55.8 Å². The van der Waals surface area contributed by atoms with Crippen molar-refractivity contribution in [3.63, 3.8) is 0 Å². The summed E-state index contributed by atoms with van der Waals surface area (Å²) >= 11 is 0. The molecule has 1 aromatic carbocycles. The maximum atomic E-state index is 13.9. The van der Waals surface area contributed by atoms with Crippen LogP contribution in [0, 0.1) is 5.92 Å². The van der Waals surface area contributed by atoms with Crippen molar-refractivity contribution in [2.24, 2.45) is 5.92 Å². The van der Waals surface area contributed by atoms with Gasteiger partial charge in [0.2, 0.25) is 11.8 Å². The summed E-state index contributed by atoms with van der Waals surface area (Å²) in [6.45, 7) is 3.63. The second kappa shape index (κ2) is 13.3. The lowest BCUT2D eigenvalue weighted by atomic mass is 9.77. The number of aldehydes is 1. The normalized spacial score (nSPS) is 26.0. The van der Waals surface area contributed by atoms with Gasteiger partial charge in [-0.1, -0.05) is 12.8 Å². The molecule has 11 heteroatoms. The molecule has 4 unspecified atom stereocenters. The topological polar surface area (TPSA) is 138 Å². The van der Waals surface area contributed by atoms with Gasteiger partial charge in [-0.05, 0) is 37.0 Å². The highest BCUT2D eigenvalue weighted by atomic mass is 16.5. The van der Waals surface area contributed by atoms with E-state index in [0.717, 1.165) is 38.8 Å². The molecule has 5 rings (SSSR count). The zero-order chi connectivity index (χ0) is 28.9. The molecule has 4 atom stereocenters. The van der Waals surface area contributed by atoms with Crippen LogP contribution in [0.4, 0.5) is 0 Å². The summed E-state index contributed by atoms with van der Waals surface area (Å²) in [7, 11) is 1.47. The van der Waals surface area contributed by atoms with Crippen LogP contribution >= 0.6 is 0 Å². The van der Waals surface area contributed by atoms with Crippen molar-refractivity contribution in [1.82, 2.24) is 15.1 Å². The number of carbonyl (C=O) groups is 3. The van der Waals surface area contributed by atoms with Crippen molar-refractivity contribution >= 4 is 18.1 Å². The highest BCUT2D eigenvalue weighted by Gasteiger charge is 2.51. The summed E-state index contributed by atoms with van der Waals surface area (Å²) in [6, 6.07) is 2.41. The smallest absolute Gasteiger partial charge is 0.247 e. The number of aliphatic hydroxyl groups excluding tert-OH is 2. The van der Waals surface area contributed by atoms with Gasteiger partial charge in [-0.25, -0.2) is 0 Å². The van der Waals surface area contributed by atoms with Crippen molar-refractivity contribution in [3.8, 4) is 11.5 Å². The summed E-state index contributed by atoms with van der Waals surface area (Å²) in [6.07, 6.45) is 5.04. The van der Waals surface area contributed by atoms with Crippen LogP contribution in [-0.4, -0.2) is 116 Å². The molecule has 41 heavy (non-hydrogen) atoms. The molecule has 2 aliphatic heterocycles. The van der Waals surface area contributed by atoms with Crippen LogP contribution in [0.1, 0.15) is 53.9 Å². The average molecular weight is 572 g/mol. The largest absolute Gasteiger partial charge is 0.493 e. The van der Waals surface area contributed by atoms with E-state index in [2.05, 4.69) is 10.2 Å². The minimum Gasteiger partial charge on any atom is -0.493 e. The van der Waals surface area contributed by atoms with Gasteiger partial charge < -0.3 is 34.6 Å². The first-order valence-corrected chi connectivity index (χ1v) is 14.7. The first-order chi connectivity index (χ1) is 19.9. The minimum atomic E-state index is -1.14. The summed E-state index contributed by atoms with van der Waals surface area (Å²) in [5.41, 5.74) is 1.25. The second-order valence-electron chi connectivity index (χ2n) is 11.3. The molecular formula is C30H41N3O8. The summed E-state index contributed by atoms with van der Waals surface area (Å²) in [5, 5.41) is 23.9. The quantitative estimate of drug-likeness (QED) is 0.331. The van der Waals surface area contributed by atoms with E-state index in [1.807, 2.05) is 0 Å². The molecule has 0 radical (unpaired) electrons. The number of hydrogen-bond acceptors (Lipinski definition) is 9. The lowest BCUT2D eigenvalue weighted by Crippen LogP contribution is -2.57. The number of nitrogens with one attached hydrogen (secondary N) is 1. The fraction of sp³-hybridized carbons (Fsp3) is 0.633. The number of benzene rings is 1. The monoisotopic (exact) mass is 571 g/mol. The van der Waals surface area contributed by atoms with Crippen LogP contribution in [0.25, 0.3) is 0 Å². The van der Waals surface area contributed by atoms with Gasteiger partial charge in [0.1, 0.15) is 18.5 Å². The second-order valence-corrected chi connectivity index (χ2v) is 11.3. The Kier molecular flexibility index (Phi) is 9.59. The number of morpholine rings is 1. The van der Waals surface area contributed by atoms with Gasteiger partial charge >= 0.3 is 0 Å². The zero-order valence-corrected chi connectivity index (χ0v) is 23.6. The maximum Gasteiger partial charge on any atom is 0.247 e. The number of methoxy groups -OCH3 is 1. The minimum absolute atomic E-state index is 0.0460. The molecule has 1 aromatic rings. The van der Waals surface area contributed by atoms with Crippen molar-refractivity contribution in [2.75, 3.05) is 59.7 Å². The van der Waals surface area contributed by atoms with Gasteiger partial charge in [-0.2, -0.15) is 0 Å². The van der Waals surface area contributed by atoms with Crippen molar-refractivity contribution < 1.29 is 38.8 Å². The Morgan fingerprint density at radius 1 is 1.22 bits per heavy atom. The van der Waals surface area contributed by atoms with Crippen LogP contribution in [0.5, 0.6) is 11.5 Å². The lowest BCUT2D eigenvalue weighted by Gasteiger charge is -2.41. The Morgan fingerprint density at radius 3 is 2.66 bits per heavy atom. The third kappa shape index (κ3) is 6.28. The number of aliphatic hydroxyl groups is 2. The highest BCUT2D eigenvalue weighted by molar-refractivity contribution is 5.96. The highest BCUT2D eigenvalue weighted by Crippen LogP contribution is 2.51. The Bertz CT molecular complexity index is 1140. The predicted octanol–water partition coefficient (Wildman–Crippen LogP) is 0.871. The third-order valence-electron chi connectivity index (χ3n) is 8.79. The fourth-order valence-corrected chi connectivity index (χ4v) is 6.65. The van der Waals surface area contributed by atoms with Crippen molar-refractivity contribution in [3.05, 3.63) is 34.9 Å². The van der Waals surface area contributed by atoms with E-state index in [9.17, 15) is 24.6 Å². The number of ether oxygens (including phenoxy) is 3. The Balaban J connectivity index is 1.51. The van der Waals surface area contributed by atoms with E-state index in [1.54, 1.807) is 23.1 Å². The van der Waals surface area contributed by atoms with Crippen LogP contribution < -0.4 is 14.8 Å². The molecular weight excluding hydrogens is 530 g/mol. The molecule has 11 nitrogen and oxygen atoms in total. The predicted molar refractivity (Wildman–Crippen MR) is 149 cm³/mol. The van der Waals surface area contributed by atoms with Gasteiger partial charge in [0.25, 0.3) is 0 Å². The fourth-order valence-electron chi connectivity index (χ4n) is 6.65. The number of fused-ring (bicyclic) bond motifs is 3. The number of hydrogen-bond donors (Lipinski definition) is 3. The first kappa shape index (κ1) is 29.5. The van der Waals surface area contributed by atoms with E-state index in [4.69, 9.17) is 14.2 Å². The van der Waals surface area contributed by atoms with Crippen molar-refractivity contribution in [2.45, 2.75) is 56.3 Å². The Labute approximate surface area is 240 Å². The Hall–Kier alpha value is -2.99. The molecule has 224 valence electrons. The summed E-state index contributed by atoms with van der Waals surface area (Å²) in [5.74, 6) is -0.138. The molecule has 0 aromatic heterocycles. The Morgan fingerprint density at radius 2 is 1.98 bits per heavy atom. The number of nitrogens with zero attached hydrogens (tertiary/aromatic N) is 2.